The minimum atomic E-state index is -0.250. The first-order valence-corrected chi connectivity index (χ1v) is 8.22. The third-order valence-corrected chi connectivity index (χ3v) is 4.87. The van der Waals surface area contributed by atoms with Gasteiger partial charge in [0.05, 0.1) is 24.4 Å². The van der Waals surface area contributed by atoms with Crippen molar-refractivity contribution in [1.82, 2.24) is 4.57 Å². The normalized spacial score (nSPS) is 11.8. The number of nitrogens with zero attached hydrogens (tertiary/aromatic N) is 2. The van der Waals surface area contributed by atoms with Crippen molar-refractivity contribution in [3.05, 3.63) is 52.3 Å². The highest BCUT2D eigenvalue weighted by molar-refractivity contribution is 7.16. The molecule has 1 amide bonds. The van der Waals surface area contributed by atoms with Crippen molar-refractivity contribution in [2.45, 2.75) is 6.92 Å². The summed E-state index contributed by atoms with van der Waals surface area (Å²) in [5, 5.41) is 0. The highest BCUT2D eigenvalue weighted by atomic mass is 32.1. The van der Waals surface area contributed by atoms with Crippen LogP contribution in [0.15, 0.2) is 41.4 Å². The number of amides is 1. The Hall–Kier alpha value is -2.60. The second-order valence-corrected chi connectivity index (χ2v) is 6.41. The number of carbonyl (C=O) groups is 1. The number of hydrogen-bond acceptors (Lipinski definition) is 4. The molecular weight excluding hydrogens is 324 g/mol. The summed E-state index contributed by atoms with van der Waals surface area (Å²) in [6.45, 7) is 1.95. The summed E-state index contributed by atoms with van der Waals surface area (Å²) in [7, 11) is 5.08. The van der Waals surface area contributed by atoms with Gasteiger partial charge < -0.3 is 14.0 Å². The molecule has 0 aliphatic carbocycles. The van der Waals surface area contributed by atoms with Crippen LogP contribution in [-0.2, 0) is 7.05 Å². The molecule has 0 aliphatic rings. The number of fused-ring (bicyclic) bond motifs is 1. The maximum absolute atomic E-state index is 12.4. The zero-order chi connectivity index (χ0) is 17.3. The zero-order valence-electron chi connectivity index (χ0n) is 14.0. The summed E-state index contributed by atoms with van der Waals surface area (Å²) in [6.07, 6.45) is 0. The van der Waals surface area contributed by atoms with E-state index in [4.69, 9.17) is 9.47 Å². The van der Waals surface area contributed by atoms with Gasteiger partial charge in [0.15, 0.2) is 16.3 Å². The number of methoxy groups -OCH3 is 2. The predicted octanol–water partition coefficient (Wildman–Crippen LogP) is 3.31. The van der Waals surface area contributed by atoms with Crippen LogP contribution in [0.2, 0.25) is 0 Å². The van der Waals surface area contributed by atoms with Gasteiger partial charge in [-0.05, 0) is 19.1 Å². The molecule has 0 fully saturated rings. The van der Waals surface area contributed by atoms with Gasteiger partial charge in [-0.15, -0.1) is 0 Å². The van der Waals surface area contributed by atoms with Crippen molar-refractivity contribution >= 4 is 27.5 Å². The summed E-state index contributed by atoms with van der Waals surface area (Å²) in [5.74, 6) is 1.05. The molecule has 6 heteroatoms. The summed E-state index contributed by atoms with van der Waals surface area (Å²) >= 11 is 1.44. The average Bonchev–Trinajstić information content (AvgIpc) is 2.88. The van der Waals surface area contributed by atoms with Crippen molar-refractivity contribution < 1.29 is 14.3 Å². The lowest BCUT2D eigenvalue weighted by molar-refractivity contribution is 0.0998. The zero-order valence-corrected chi connectivity index (χ0v) is 14.8. The average molecular weight is 342 g/mol. The van der Waals surface area contributed by atoms with Crippen LogP contribution in [0.5, 0.6) is 11.5 Å². The maximum Gasteiger partial charge on any atom is 0.279 e. The van der Waals surface area contributed by atoms with Crippen molar-refractivity contribution in [2.24, 2.45) is 12.0 Å². The molecular formula is C18H18N2O3S. The molecule has 0 atom stereocenters. The summed E-state index contributed by atoms with van der Waals surface area (Å²) in [5.41, 5.74) is 2.56. The molecule has 0 aliphatic heterocycles. The Labute approximate surface area is 143 Å². The second-order valence-electron chi connectivity index (χ2n) is 5.41. The Morgan fingerprint density at radius 1 is 1.12 bits per heavy atom. The largest absolute Gasteiger partial charge is 0.493 e. The van der Waals surface area contributed by atoms with Gasteiger partial charge >= 0.3 is 0 Å². The molecule has 0 unspecified atom stereocenters. The van der Waals surface area contributed by atoms with Crippen molar-refractivity contribution in [3.8, 4) is 11.5 Å². The number of ether oxygens (including phenoxy) is 2. The van der Waals surface area contributed by atoms with E-state index in [0.717, 1.165) is 15.8 Å². The van der Waals surface area contributed by atoms with Gasteiger partial charge in [-0.2, -0.15) is 4.99 Å². The quantitative estimate of drug-likeness (QED) is 0.734. The van der Waals surface area contributed by atoms with E-state index in [9.17, 15) is 4.79 Å². The fourth-order valence-electron chi connectivity index (χ4n) is 2.49. The second kappa shape index (κ2) is 6.49. The Morgan fingerprint density at radius 2 is 1.83 bits per heavy atom. The molecule has 0 radical (unpaired) electrons. The lowest BCUT2D eigenvalue weighted by Gasteiger charge is -2.07. The maximum atomic E-state index is 12.4. The van der Waals surface area contributed by atoms with Gasteiger partial charge in [0.2, 0.25) is 0 Å². The first-order valence-electron chi connectivity index (χ1n) is 7.40. The molecule has 0 saturated carbocycles. The van der Waals surface area contributed by atoms with Gasteiger partial charge in [0.25, 0.3) is 5.91 Å². The Kier molecular flexibility index (Phi) is 4.40. The number of aryl methyl sites for hydroxylation is 2. The number of benzene rings is 2. The molecule has 0 N–H and O–H groups in total. The minimum absolute atomic E-state index is 0.250. The molecule has 0 spiro atoms. The summed E-state index contributed by atoms with van der Waals surface area (Å²) in [6, 6.07) is 11.2. The van der Waals surface area contributed by atoms with Crippen LogP contribution in [0.3, 0.4) is 0 Å². The molecule has 2 aromatic carbocycles. The van der Waals surface area contributed by atoms with Gasteiger partial charge in [-0.25, -0.2) is 0 Å². The molecule has 5 nitrogen and oxygen atoms in total. The Morgan fingerprint density at radius 3 is 2.50 bits per heavy atom. The lowest BCUT2D eigenvalue weighted by Crippen LogP contribution is -2.13. The topological polar surface area (TPSA) is 52.8 Å². The minimum Gasteiger partial charge on any atom is -0.493 e. The van der Waals surface area contributed by atoms with Gasteiger partial charge in [0, 0.05) is 24.7 Å². The fraction of sp³-hybridized carbons (Fsp3) is 0.222. The van der Waals surface area contributed by atoms with Gasteiger partial charge in [-0.3, -0.25) is 4.79 Å². The van der Waals surface area contributed by atoms with Crippen molar-refractivity contribution in [3.63, 3.8) is 0 Å². The third kappa shape index (κ3) is 2.92. The van der Waals surface area contributed by atoms with E-state index in [1.165, 1.54) is 11.3 Å². The molecule has 3 rings (SSSR count). The van der Waals surface area contributed by atoms with E-state index in [2.05, 4.69) is 4.99 Å². The number of rotatable bonds is 3. The highest BCUT2D eigenvalue weighted by Gasteiger charge is 2.12. The van der Waals surface area contributed by atoms with Gasteiger partial charge in [-0.1, -0.05) is 29.0 Å². The number of carbonyl (C=O) groups excluding carboxylic acids is 1. The SMILES string of the molecule is COc1cc2sc(=NC(=O)c3cccc(C)c3)n(C)c2cc1OC. The first kappa shape index (κ1) is 16.3. The van der Waals surface area contributed by atoms with Gasteiger partial charge in [0.1, 0.15) is 0 Å². The fourth-order valence-corrected chi connectivity index (χ4v) is 3.52. The molecule has 124 valence electrons. The monoisotopic (exact) mass is 342 g/mol. The van der Waals surface area contributed by atoms with Crippen LogP contribution in [-0.4, -0.2) is 24.7 Å². The van der Waals surface area contributed by atoms with E-state index in [0.29, 0.717) is 21.9 Å². The van der Waals surface area contributed by atoms with Crippen LogP contribution >= 0.6 is 11.3 Å². The smallest absolute Gasteiger partial charge is 0.279 e. The van der Waals surface area contributed by atoms with Crippen molar-refractivity contribution in [2.75, 3.05) is 14.2 Å². The van der Waals surface area contributed by atoms with Crippen LogP contribution in [0.4, 0.5) is 0 Å². The van der Waals surface area contributed by atoms with Crippen LogP contribution < -0.4 is 14.3 Å². The molecule has 3 aromatic rings. The standard InChI is InChI=1S/C18H18N2O3S/c1-11-6-5-7-12(8-11)17(21)19-18-20(2)13-9-14(22-3)15(23-4)10-16(13)24-18/h5-10H,1-4H3. The lowest BCUT2D eigenvalue weighted by atomic mass is 10.1. The molecule has 24 heavy (non-hydrogen) atoms. The highest BCUT2D eigenvalue weighted by Crippen LogP contribution is 2.33. The van der Waals surface area contributed by atoms with Crippen LogP contribution in [0.25, 0.3) is 10.2 Å². The summed E-state index contributed by atoms with van der Waals surface area (Å²) < 4.78 is 13.5. The molecule has 1 heterocycles. The Bertz CT molecular complexity index is 986. The van der Waals surface area contributed by atoms with Crippen LogP contribution in [0, 0.1) is 6.92 Å². The summed E-state index contributed by atoms with van der Waals surface area (Å²) in [4.78, 5) is 17.3. The molecule has 0 saturated heterocycles. The number of hydrogen-bond donors (Lipinski definition) is 0. The number of aromatic nitrogens is 1. The van der Waals surface area contributed by atoms with E-state index in [1.807, 2.05) is 48.9 Å². The third-order valence-electron chi connectivity index (χ3n) is 3.78. The first-order chi connectivity index (χ1) is 11.5. The molecule has 0 bridgehead atoms. The van der Waals surface area contributed by atoms with E-state index < -0.39 is 0 Å². The molecule has 1 aromatic heterocycles. The van der Waals surface area contributed by atoms with E-state index in [-0.39, 0.29) is 5.91 Å². The van der Waals surface area contributed by atoms with E-state index >= 15 is 0 Å². The van der Waals surface area contributed by atoms with Crippen molar-refractivity contribution in [1.29, 1.82) is 0 Å². The van der Waals surface area contributed by atoms with Crippen LogP contribution in [0.1, 0.15) is 15.9 Å². The predicted molar refractivity (Wildman–Crippen MR) is 95.0 cm³/mol. The Balaban J connectivity index is 2.12. The number of thiazole rings is 1. The van der Waals surface area contributed by atoms with E-state index in [1.54, 1.807) is 20.3 Å².